The standard InChI is InChI=1S/C12H20N2O4.2C2H6/c1-11-9-14(10-13-11)4-6-18-8-7-17-5-3-12(15)16-2;2*1-2/h9-10H,3-8H2,1-2H3;2*1-2H3. The van der Waals surface area contributed by atoms with Crippen molar-refractivity contribution >= 4 is 5.97 Å². The van der Waals surface area contributed by atoms with Crippen LogP contribution in [0.5, 0.6) is 0 Å². The van der Waals surface area contributed by atoms with E-state index in [1.807, 2.05) is 45.4 Å². The predicted octanol–water partition coefficient (Wildman–Crippen LogP) is 2.84. The highest BCUT2D eigenvalue weighted by atomic mass is 16.5. The maximum atomic E-state index is 10.8. The number of imidazole rings is 1. The van der Waals surface area contributed by atoms with Gasteiger partial charge < -0.3 is 18.8 Å². The average Bonchev–Trinajstić information content (AvgIpc) is 2.99. The summed E-state index contributed by atoms with van der Waals surface area (Å²) in [5, 5.41) is 0. The van der Waals surface area contributed by atoms with Crippen molar-refractivity contribution in [3.8, 4) is 0 Å². The van der Waals surface area contributed by atoms with Gasteiger partial charge in [0.1, 0.15) is 0 Å². The van der Waals surface area contributed by atoms with E-state index in [-0.39, 0.29) is 12.4 Å². The molecular formula is C16H32N2O4. The van der Waals surface area contributed by atoms with Crippen LogP contribution < -0.4 is 0 Å². The molecule has 22 heavy (non-hydrogen) atoms. The van der Waals surface area contributed by atoms with E-state index in [4.69, 9.17) is 9.47 Å². The summed E-state index contributed by atoms with van der Waals surface area (Å²) in [6, 6.07) is 0. The van der Waals surface area contributed by atoms with Crippen molar-refractivity contribution in [2.24, 2.45) is 0 Å². The minimum atomic E-state index is -0.258. The summed E-state index contributed by atoms with van der Waals surface area (Å²) in [5.41, 5.74) is 1.00. The van der Waals surface area contributed by atoms with Gasteiger partial charge in [-0.05, 0) is 6.92 Å². The third-order valence-corrected chi connectivity index (χ3v) is 2.31. The summed E-state index contributed by atoms with van der Waals surface area (Å²) >= 11 is 0. The monoisotopic (exact) mass is 316 g/mol. The number of hydrogen-bond acceptors (Lipinski definition) is 5. The van der Waals surface area contributed by atoms with E-state index >= 15 is 0 Å². The van der Waals surface area contributed by atoms with Crippen LogP contribution in [0.4, 0.5) is 0 Å². The third-order valence-electron chi connectivity index (χ3n) is 2.31. The highest BCUT2D eigenvalue weighted by molar-refractivity contribution is 5.69. The van der Waals surface area contributed by atoms with Crippen LogP contribution in [-0.2, 0) is 25.5 Å². The van der Waals surface area contributed by atoms with Gasteiger partial charge in [0.15, 0.2) is 0 Å². The number of methoxy groups -OCH3 is 1. The summed E-state index contributed by atoms with van der Waals surface area (Å²) in [6.45, 7) is 12.7. The highest BCUT2D eigenvalue weighted by Gasteiger charge is 1.99. The number of esters is 1. The van der Waals surface area contributed by atoms with Crippen LogP contribution in [0.25, 0.3) is 0 Å². The molecule has 0 amide bonds. The molecule has 0 aliphatic heterocycles. The van der Waals surface area contributed by atoms with E-state index in [1.54, 1.807) is 6.33 Å². The van der Waals surface area contributed by atoms with E-state index in [0.717, 1.165) is 12.2 Å². The minimum Gasteiger partial charge on any atom is -0.469 e. The summed E-state index contributed by atoms with van der Waals surface area (Å²) in [4.78, 5) is 14.9. The van der Waals surface area contributed by atoms with Gasteiger partial charge in [0, 0.05) is 12.7 Å². The summed E-state index contributed by atoms with van der Waals surface area (Å²) in [5.74, 6) is -0.258. The van der Waals surface area contributed by atoms with Gasteiger partial charge >= 0.3 is 5.97 Å². The van der Waals surface area contributed by atoms with E-state index in [0.29, 0.717) is 26.4 Å². The fourth-order valence-electron chi connectivity index (χ4n) is 1.34. The van der Waals surface area contributed by atoms with Gasteiger partial charge in [-0.3, -0.25) is 4.79 Å². The van der Waals surface area contributed by atoms with Crippen molar-refractivity contribution in [2.75, 3.05) is 33.5 Å². The summed E-state index contributed by atoms with van der Waals surface area (Å²) < 4.78 is 17.1. The van der Waals surface area contributed by atoms with Crippen LogP contribution in [0.15, 0.2) is 12.5 Å². The molecular weight excluding hydrogens is 284 g/mol. The fourth-order valence-corrected chi connectivity index (χ4v) is 1.34. The van der Waals surface area contributed by atoms with Crippen molar-refractivity contribution in [3.63, 3.8) is 0 Å². The second-order valence-electron chi connectivity index (χ2n) is 3.80. The second kappa shape index (κ2) is 17.7. The smallest absolute Gasteiger partial charge is 0.307 e. The van der Waals surface area contributed by atoms with Crippen LogP contribution in [0, 0.1) is 6.92 Å². The zero-order valence-corrected chi connectivity index (χ0v) is 14.9. The van der Waals surface area contributed by atoms with Gasteiger partial charge in [0.2, 0.25) is 0 Å². The number of hydrogen-bond donors (Lipinski definition) is 0. The Morgan fingerprint density at radius 3 is 2.18 bits per heavy atom. The van der Waals surface area contributed by atoms with Gasteiger partial charge in [-0.15, -0.1) is 0 Å². The number of carbonyl (C=O) groups is 1. The maximum absolute atomic E-state index is 10.8. The molecule has 0 saturated carbocycles. The maximum Gasteiger partial charge on any atom is 0.307 e. The molecule has 130 valence electrons. The number of carbonyl (C=O) groups excluding carboxylic acids is 1. The third kappa shape index (κ3) is 13.6. The molecule has 0 radical (unpaired) electrons. The summed E-state index contributed by atoms with van der Waals surface area (Å²) in [7, 11) is 1.36. The van der Waals surface area contributed by atoms with Crippen LogP contribution in [-0.4, -0.2) is 49.1 Å². The fraction of sp³-hybridized carbons (Fsp3) is 0.750. The first kappa shape index (κ1) is 22.9. The summed E-state index contributed by atoms with van der Waals surface area (Å²) in [6.07, 6.45) is 4.03. The minimum absolute atomic E-state index is 0.258. The number of ether oxygens (including phenoxy) is 3. The van der Waals surface area contributed by atoms with Crippen LogP contribution >= 0.6 is 0 Å². The Morgan fingerprint density at radius 1 is 1.09 bits per heavy atom. The van der Waals surface area contributed by atoms with Crippen LogP contribution in [0.3, 0.4) is 0 Å². The average molecular weight is 316 g/mol. The molecule has 0 aliphatic rings. The molecule has 6 heteroatoms. The lowest BCUT2D eigenvalue weighted by Gasteiger charge is -2.05. The molecule has 0 aliphatic carbocycles. The molecule has 0 aromatic carbocycles. The topological polar surface area (TPSA) is 62.6 Å². The van der Waals surface area contributed by atoms with E-state index < -0.39 is 0 Å². The Bertz CT molecular complexity index is 354. The molecule has 1 heterocycles. The molecule has 0 atom stereocenters. The SMILES string of the molecule is CC.CC.COC(=O)CCOCCOCCn1cnc(C)c1. The molecule has 1 aromatic heterocycles. The van der Waals surface area contributed by atoms with Crippen molar-refractivity contribution in [2.45, 2.75) is 47.6 Å². The van der Waals surface area contributed by atoms with Crippen LogP contribution in [0.1, 0.15) is 39.8 Å². The number of aryl methyl sites for hydroxylation is 1. The molecule has 0 fully saturated rings. The Morgan fingerprint density at radius 2 is 1.68 bits per heavy atom. The van der Waals surface area contributed by atoms with E-state index in [2.05, 4.69) is 9.72 Å². The Hall–Kier alpha value is -1.40. The molecule has 0 saturated heterocycles. The van der Waals surface area contributed by atoms with Crippen LogP contribution in [0.2, 0.25) is 0 Å². The Labute approximate surface area is 134 Å². The van der Waals surface area contributed by atoms with Crippen molar-refractivity contribution in [3.05, 3.63) is 18.2 Å². The number of rotatable bonds is 9. The second-order valence-corrected chi connectivity index (χ2v) is 3.80. The largest absolute Gasteiger partial charge is 0.469 e. The zero-order chi connectivity index (χ0) is 17.2. The van der Waals surface area contributed by atoms with Gasteiger partial charge in [-0.1, -0.05) is 27.7 Å². The van der Waals surface area contributed by atoms with Gasteiger partial charge in [0.05, 0.1) is 52.0 Å². The lowest BCUT2D eigenvalue weighted by molar-refractivity contribution is -0.141. The molecule has 1 rings (SSSR count). The van der Waals surface area contributed by atoms with Gasteiger partial charge in [-0.2, -0.15) is 0 Å². The molecule has 0 unspecified atom stereocenters. The normalized spacial score (nSPS) is 9.18. The lowest BCUT2D eigenvalue weighted by atomic mass is 10.5. The predicted molar refractivity (Wildman–Crippen MR) is 87.9 cm³/mol. The van der Waals surface area contributed by atoms with Gasteiger partial charge in [-0.25, -0.2) is 4.98 Å². The first-order valence-electron chi connectivity index (χ1n) is 7.93. The number of aromatic nitrogens is 2. The Balaban J connectivity index is 0. The van der Waals surface area contributed by atoms with E-state index in [1.165, 1.54) is 7.11 Å². The van der Waals surface area contributed by atoms with Crippen molar-refractivity contribution < 1.29 is 19.0 Å². The highest BCUT2D eigenvalue weighted by Crippen LogP contribution is 1.93. The molecule has 6 nitrogen and oxygen atoms in total. The Kier molecular flexibility index (Phi) is 18.4. The lowest BCUT2D eigenvalue weighted by Crippen LogP contribution is -2.11. The van der Waals surface area contributed by atoms with Crippen molar-refractivity contribution in [1.29, 1.82) is 0 Å². The molecule has 0 bridgehead atoms. The molecule has 0 spiro atoms. The van der Waals surface area contributed by atoms with Gasteiger partial charge in [0.25, 0.3) is 0 Å². The first-order chi connectivity index (χ1) is 10.7. The molecule has 1 aromatic rings. The number of nitrogens with zero attached hydrogens (tertiary/aromatic N) is 2. The zero-order valence-electron chi connectivity index (χ0n) is 14.9. The van der Waals surface area contributed by atoms with E-state index in [9.17, 15) is 4.79 Å². The molecule has 0 N–H and O–H groups in total. The van der Waals surface area contributed by atoms with Crippen molar-refractivity contribution in [1.82, 2.24) is 9.55 Å². The first-order valence-corrected chi connectivity index (χ1v) is 7.93. The quantitative estimate of drug-likeness (QED) is 0.518.